The highest BCUT2D eigenvalue weighted by Gasteiger charge is 2.72. The molecule has 1 aromatic heterocycles. The van der Waals surface area contributed by atoms with Crippen LogP contribution < -0.4 is 10.9 Å². The van der Waals surface area contributed by atoms with Crippen LogP contribution in [0, 0.1) is 28.1 Å². The summed E-state index contributed by atoms with van der Waals surface area (Å²) in [5.74, 6) is 0.126. The van der Waals surface area contributed by atoms with E-state index in [1.807, 2.05) is 6.07 Å². The van der Waals surface area contributed by atoms with Gasteiger partial charge in [-0.15, -0.1) is 0 Å². The lowest BCUT2D eigenvalue weighted by Gasteiger charge is -2.68. The number of carbonyl (C=O) groups excluding carboxylic acids is 1. The molecule has 5 rings (SSSR count). The predicted octanol–water partition coefficient (Wildman–Crippen LogP) is 5.23. The van der Waals surface area contributed by atoms with Crippen molar-refractivity contribution in [3.05, 3.63) is 34.4 Å². The van der Waals surface area contributed by atoms with Gasteiger partial charge in [-0.05, 0) is 99.0 Å². The van der Waals surface area contributed by atoms with Gasteiger partial charge in [0.05, 0.1) is 11.9 Å². The van der Waals surface area contributed by atoms with E-state index >= 15 is 0 Å². The zero-order valence-electron chi connectivity index (χ0n) is 23.0. The molecule has 1 aromatic rings. The maximum atomic E-state index is 12.6. The molecule has 0 aliphatic heterocycles. The molecule has 8 atom stereocenters. The number of hydrogen-bond acceptors (Lipinski definition) is 6. The van der Waals surface area contributed by atoms with Gasteiger partial charge in [-0.25, -0.2) is 9.59 Å². The number of nitrogens with one attached hydrogen (secondary N) is 1. The topological polar surface area (TPSA) is 126 Å². The van der Waals surface area contributed by atoms with Crippen LogP contribution in [0.4, 0.5) is 4.79 Å². The molecule has 4 fully saturated rings. The molecule has 210 valence electrons. The highest BCUT2D eigenvalue weighted by Crippen LogP contribution is 2.75. The molecule has 3 N–H and O–H groups in total. The van der Waals surface area contributed by atoms with Gasteiger partial charge in [0, 0.05) is 29.9 Å². The van der Waals surface area contributed by atoms with Gasteiger partial charge in [0.2, 0.25) is 0 Å². The van der Waals surface area contributed by atoms with Gasteiger partial charge in [-0.1, -0.05) is 20.8 Å². The summed E-state index contributed by atoms with van der Waals surface area (Å²) in [6.07, 6.45) is 9.65. The van der Waals surface area contributed by atoms with E-state index in [1.165, 1.54) is 6.07 Å². The summed E-state index contributed by atoms with van der Waals surface area (Å²) in [6.45, 7) is 7.29. The van der Waals surface area contributed by atoms with Crippen LogP contribution in [0.3, 0.4) is 0 Å². The van der Waals surface area contributed by atoms with Crippen LogP contribution in [-0.4, -0.2) is 40.5 Å². The van der Waals surface area contributed by atoms with Crippen molar-refractivity contribution in [2.75, 3.05) is 6.54 Å². The third-order valence-corrected chi connectivity index (χ3v) is 11.7. The van der Waals surface area contributed by atoms with Crippen LogP contribution in [0.25, 0.3) is 0 Å². The molecule has 0 aromatic carbocycles. The number of carboxylic acids is 1. The number of aliphatic carboxylic acids is 1. The van der Waals surface area contributed by atoms with Crippen molar-refractivity contribution in [2.45, 2.75) is 109 Å². The smallest absolute Gasteiger partial charge is 0.407 e. The minimum Gasteiger partial charge on any atom is -0.481 e. The van der Waals surface area contributed by atoms with Gasteiger partial charge in [0.25, 0.3) is 0 Å². The fourth-order valence-electron chi connectivity index (χ4n) is 9.65. The number of hydrogen-bond donors (Lipinski definition) is 3. The highest BCUT2D eigenvalue weighted by molar-refractivity contribution is 5.68. The molecular formula is C30H43NO7. The normalized spacial score (nSPS) is 41.9. The quantitative estimate of drug-likeness (QED) is 0.431. The molecular weight excluding hydrogens is 486 g/mol. The summed E-state index contributed by atoms with van der Waals surface area (Å²) in [7, 11) is 0. The van der Waals surface area contributed by atoms with Crippen LogP contribution in [0.5, 0.6) is 0 Å². The van der Waals surface area contributed by atoms with Crippen molar-refractivity contribution in [1.29, 1.82) is 0 Å². The second-order valence-electron chi connectivity index (χ2n) is 13.2. The SMILES string of the molecule is C[C@]12CC[C@H](OC(=O)NCCCC(=O)O)C[C@H]1CC[C@]1(C)[C@@H]2CC[C@]2(C)[C@@H](c3ccc(=O)oc3)CC[C@@]21O. The Balaban J connectivity index is 1.28. The molecule has 4 aliphatic carbocycles. The average Bonchev–Trinajstić information content (AvgIpc) is 3.15. The Morgan fingerprint density at radius 3 is 2.53 bits per heavy atom. The van der Waals surface area contributed by atoms with E-state index in [0.29, 0.717) is 24.8 Å². The minimum absolute atomic E-state index is 0.0260. The Morgan fingerprint density at radius 2 is 1.82 bits per heavy atom. The first-order chi connectivity index (χ1) is 17.9. The van der Waals surface area contributed by atoms with Gasteiger partial charge < -0.3 is 24.7 Å². The van der Waals surface area contributed by atoms with Gasteiger partial charge in [-0.2, -0.15) is 0 Å². The molecule has 1 heterocycles. The van der Waals surface area contributed by atoms with Crippen LogP contribution in [0.1, 0.15) is 103 Å². The van der Waals surface area contributed by atoms with Crippen LogP contribution in [0.2, 0.25) is 0 Å². The fraction of sp³-hybridized carbons (Fsp3) is 0.767. The Morgan fingerprint density at radius 1 is 1.05 bits per heavy atom. The number of aliphatic hydroxyl groups is 1. The first kappa shape index (κ1) is 27.2. The minimum atomic E-state index is -0.870. The lowest BCUT2D eigenvalue weighted by Crippen LogP contribution is -2.67. The summed E-state index contributed by atoms with van der Waals surface area (Å²) < 4.78 is 11.0. The van der Waals surface area contributed by atoms with Crippen molar-refractivity contribution >= 4 is 12.1 Å². The van der Waals surface area contributed by atoms with E-state index in [4.69, 9.17) is 14.3 Å². The third-order valence-electron chi connectivity index (χ3n) is 11.7. The summed E-state index contributed by atoms with van der Waals surface area (Å²) in [5, 5.41) is 24.1. The molecule has 0 spiro atoms. The largest absolute Gasteiger partial charge is 0.481 e. The standard InChI is InChI=1S/C30H43NO7/c1-27-12-9-21(38-26(35)31-16-4-5-24(32)33)17-20(27)8-13-29(3)23(27)11-14-28(2)22(10-15-30(28,29)36)19-6-7-25(34)37-18-19/h6-7,18,20-23,36H,4-5,8-17H2,1-3H3,(H,31,35)(H,32,33)/t20-,21+,22-,23-,27+,28-,29-,30-/m1/s1. The van der Waals surface area contributed by atoms with Gasteiger partial charge in [0.1, 0.15) is 6.10 Å². The number of carbonyl (C=O) groups is 2. The number of carboxylic acid groups (broad SMARTS) is 1. The Labute approximate surface area is 224 Å². The van der Waals surface area contributed by atoms with E-state index in [9.17, 15) is 19.5 Å². The van der Waals surface area contributed by atoms with Crippen LogP contribution >= 0.6 is 0 Å². The Bertz CT molecular complexity index is 1110. The fourth-order valence-corrected chi connectivity index (χ4v) is 9.65. The monoisotopic (exact) mass is 529 g/mol. The van der Waals surface area contributed by atoms with Gasteiger partial charge in [-0.3, -0.25) is 4.79 Å². The van der Waals surface area contributed by atoms with Gasteiger partial charge in [0.15, 0.2) is 0 Å². The Kier molecular flexibility index (Phi) is 6.94. The lowest BCUT2D eigenvalue weighted by molar-refractivity contribution is -0.254. The molecule has 0 radical (unpaired) electrons. The van der Waals surface area contributed by atoms with Crippen LogP contribution in [-0.2, 0) is 9.53 Å². The van der Waals surface area contributed by atoms with E-state index in [-0.39, 0.29) is 40.3 Å². The molecule has 1 amide bonds. The molecule has 4 saturated carbocycles. The van der Waals surface area contributed by atoms with Crippen molar-refractivity contribution in [3.8, 4) is 0 Å². The molecule has 0 saturated heterocycles. The van der Waals surface area contributed by atoms with Crippen molar-refractivity contribution < 1.29 is 29.0 Å². The average molecular weight is 530 g/mol. The molecule has 0 bridgehead atoms. The van der Waals surface area contributed by atoms with E-state index in [2.05, 4.69) is 26.1 Å². The third kappa shape index (κ3) is 4.18. The van der Waals surface area contributed by atoms with E-state index in [1.54, 1.807) is 6.26 Å². The first-order valence-corrected chi connectivity index (χ1v) is 14.4. The van der Waals surface area contributed by atoms with Crippen LogP contribution in [0.15, 0.2) is 27.6 Å². The second-order valence-corrected chi connectivity index (χ2v) is 13.2. The summed E-state index contributed by atoms with van der Waals surface area (Å²) in [4.78, 5) is 34.5. The van der Waals surface area contributed by atoms with Crippen molar-refractivity contribution in [3.63, 3.8) is 0 Å². The predicted molar refractivity (Wildman–Crippen MR) is 141 cm³/mol. The highest BCUT2D eigenvalue weighted by atomic mass is 16.6. The lowest BCUT2D eigenvalue weighted by atomic mass is 9.38. The number of rotatable bonds is 6. The molecule has 38 heavy (non-hydrogen) atoms. The van der Waals surface area contributed by atoms with E-state index < -0.39 is 17.7 Å². The maximum Gasteiger partial charge on any atom is 0.407 e. The van der Waals surface area contributed by atoms with Crippen molar-refractivity contribution in [2.24, 2.45) is 28.1 Å². The maximum absolute atomic E-state index is 12.6. The number of ether oxygens (including phenoxy) is 1. The number of amides is 1. The second kappa shape index (κ2) is 9.68. The summed E-state index contributed by atoms with van der Waals surface area (Å²) >= 11 is 0. The number of alkyl carbamates (subject to hydrolysis) is 1. The molecule has 4 aliphatic rings. The Hall–Kier alpha value is -2.35. The summed E-state index contributed by atoms with van der Waals surface area (Å²) in [6, 6.07) is 3.37. The van der Waals surface area contributed by atoms with Gasteiger partial charge >= 0.3 is 17.7 Å². The number of fused-ring (bicyclic) bond motifs is 5. The summed E-state index contributed by atoms with van der Waals surface area (Å²) in [5.41, 5.74) is -0.515. The molecule has 8 heteroatoms. The zero-order chi connectivity index (χ0) is 27.3. The van der Waals surface area contributed by atoms with Crippen molar-refractivity contribution in [1.82, 2.24) is 5.32 Å². The zero-order valence-corrected chi connectivity index (χ0v) is 23.0. The molecule has 0 unspecified atom stereocenters. The molecule has 8 nitrogen and oxygen atoms in total. The van der Waals surface area contributed by atoms with E-state index in [0.717, 1.165) is 63.4 Å². The first-order valence-electron chi connectivity index (χ1n) is 14.4.